The Kier molecular flexibility index (Phi) is 3.25. The quantitative estimate of drug-likeness (QED) is 0.885. The molecule has 1 aromatic carbocycles. The van der Waals surface area contributed by atoms with Gasteiger partial charge in [-0.1, -0.05) is 37.3 Å². The summed E-state index contributed by atoms with van der Waals surface area (Å²) in [6.45, 7) is 4.09. The van der Waals surface area contributed by atoms with Crippen LogP contribution in [0.3, 0.4) is 0 Å². The van der Waals surface area contributed by atoms with Crippen LogP contribution in [0.15, 0.2) is 30.3 Å². The molecule has 0 amide bonds. The van der Waals surface area contributed by atoms with Crippen molar-refractivity contribution in [1.82, 2.24) is 10.2 Å². The second-order valence-corrected chi connectivity index (χ2v) is 5.12. The molecule has 0 bridgehead atoms. The SMILES string of the molecule is CCc1c(N2CCC(N)C2)n[nH]c1-c1ccccc1. The van der Waals surface area contributed by atoms with Gasteiger partial charge in [0.25, 0.3) is 0 Å². The van der Waals surface area contributed by atoms with E-state index in [2.05, 4.69) is 46.3 Å². The molecule has 2 aromatic rings. The molecular formula is C15H20N4. The predicted molar refractivity (Wildman–Crippen MR) is 78.2 cm³/mol. The smallest absolute Gasteiger partial charge is 0.154 e. The maximum atomic E-state index is 5.99. The summed E-state index contributed by atoms with van der Waals surface area (Å²) in [5.41, 5.74) is 9.62. The van der Waals surface area contributed by atoms with Crippen molar-refractivity contribution in [1.29, 1.82) is 0 Å². The van der Waals surface area contributed by atoms with E-state index in [0.717, 1.165) is 37.4 Å². The lowest BCUT2D eigenvalue weighted by molar-refractivity contribution is 0.751. The van der Waals surface area contributed by atoms with Crippen molar-refractivity contribution in [2.24, 2.45) is 5.73 Å². The highest BCUT2D eigenvalue weighted by Crippen LogP contribution is 2.30. The fourth-order valence-corrected chi connectivity index (χ4v) is 2.78. The average Bonchev–Trinajstić information content (AvgIpc) is 3.05. The zero-order valence-corrected chi connectivity index (χ0v) is 11.3. The molecule has 3 N–H and O–H groups in total. The number of hydrogen-bond acceptors (Lipinski definition) is 3. The molecule has 4 nitrogen and oxygen atoms in total. The molecule has 1 aliphatic rings. The van der Waals surface area contributed by atoms with Crippen LogP contribution < -0.4 is 10.6 Å². The van der Waals surface area contributed by atoms with E-state index >= 15 is 0 Å². The van der Waals surface area contributed by atoms with E-state index in [1.807, 2.05) is 6.07 Å². The van der Waals surface area contributed by atoms with Crippen LogP contribution in [-0.2, 0) is 6.42 Å². The standard InChI is InChI=1S/C15H20N4/c1-2-13-14(11-6-4-3-5-7-11)17-18-15(13)19-9-8-12(16)10-19/h3-7,12H,2,8-10,16H2,1H3,(H,17,18). The minimum atomic E-state index is 0.279. The molecule has 19 heavy (non-hydrogen) atoms. The Labute approximate surface area is 113 Å². The van der Waals surface area contributed by atoms with E-state index in [9.17, 15) is 0 Å². The topological polar surface area (TPSA) is 57.9 Å². The van der Waals surface area contributed by atoms with E-state index in [1.54, 1.807) is 0 Å². The lowest BCUT2D eigenvalue weighted by Crippen LogP contribution is -2.27. The molecule has 0 aliphatic carbocycles. The van der Waals surface area contributed by atoms with Gasteiger partial charge in [-0.05, 0) is 18.4 Å². The van der Waals surface area contributed by atoms with Gasteiger partial charge < -0.3 is 10.6 Å². The summed E-state index contributed by atoms with van der Waals surface area (Å²) < 4.78 is 0. The number of rotatable bonds is 3. The molecule has 0 spiro atoms. The van der Waals surface area contributed by atoms with Gasteiger partial charge in [-0.2, -0.15) is 5.10 Å². The van der Waals surface area contributed by atoms with E-state index in [0.29, 0.717) is 0 Å². The van der Waals surface area contributed by atoms with Gasteiger partial charge in [0.15, 0.2) is 5.82 Å². The Morgan fingerprint density at radius 2 is 2.16 bits per heavy atom. The van der Waals surface area contributed by atoms with Crippen molar-refractivity contribution in [2.75, 3.05) is 18.0 Å². The van der Waals surface area contributed by atoms with E-state index in [-0.39, 0.29) is 6.04 Å². The number of nitrogens with two attached hydrogens (primary N) is 1. The molecule has 0 radical (unpaired) electrons. The first-order chi connectivity index (χ1) is 9.29. The first-order valence-corrected chi connectivity index (χ1v) is 6.92. The minimum Gasteiger partial charge on any atom is -0.353 e. The van der Waals surface area contributed by atoms with Gasteiger partial charge in [0.2, 0.25) is 0 Å². The Hall–Kier alpha value is -1.81. The van der Waals surface area contributed by atoms with Crippen LogP contribution in [0.25, 0.3) is 11.3 Å². The first-order valence-electron chi connectivity index (χ1n) is 6.92. The van der Waals surface area contributed by atoms with Crippen LogP contribution in [0, 0.1) is 0 Å². The highest BCUT2D eigenvalue weighted by molar-refractivity contribution is 5.69. The Morgan fingerprint density at radius 3 is 2.79 bits per heavy atom. The van der Waals surface area contributed by atoms with Crippen LogP contribution in [0.5, 0.6) is 0 Å². The molecule has 1 unspecified atom stereocenters. The fraction of sp³-hybridized carbons (Fsp3) is 0.400. The third-order valence-electron chi connectivity index (χ3n) is 3.79. The van der Waals surface area contributed by atoms with Crippen molar-refractivity contribution in [3.05, 3.63) is 35.9 Å². The lowest BCUT2D eigenvalue weighted by atomic mass is 10.1. The highest BCUT2D eigenvalue weighted by atomic mass is 15.3. The molecule has 2 heterocycles. The molecule has 1 saturated heterocycles. The zero-order valence-electron chi connectivity index (χ0n) is 11.3. The second kappa shape index (κ2) is 5.05. The molecule has 0 saturated carbocycles. The predicted octanol–water partition coefficient (Wildman–Crippen LogP) is 2.18. The van der Waals surface area contributed by atoms with Crippen molar-refractivity contribution >= 4 is 5.82 Å². The monoisotopic (exact) mass is 256 g/mol. The number of benzene rings is 1. The van der Waals surface area contributed by atoms with Gasteiger partial charge in [-0.3, -0.25) is 5.10 Å². The summed E-state index contributed by atoms with van der Waals surface area (Å²) in [6.07, 6.45) is 2.03. The van der Waals surface area contributed by atoms with Crippen molar-refractivity contribution in [3.63, 3.8) is 0 Å². The molecule has 3 rings (SSSR count). The maximum Gasteiger partial charge on any atom is 0.154 e. The summed E-state index contributed by atoms with van der Waals surface area (Å²) in [5.74, 6) is 1.08. The largest absolute Gasteiger partial charge is 0.353 e. The van der Waals surface area contributed by atoms with Crippen molar-refractivity contribution in [2.45, 2.75) is 25.8 Å². The van der Waals surface area contributed by atoms with E-state index < -0.39 is 0 Å². The second-order valence-electron chi connectivity index (χ2n) is 5.12. The normalized spacial score (nSPS) is 19.1. The van der Waals surface area contributed by atoms with Crippen molar-refractivity contribution < 1.29 is 0 Å². The maximum absolute atomic E-state index is 5.99. The van der Waals surface area contributed by atoms with Gasteiger partial charge in [0, 0.05) is 24.7 Å². The Balaban J connectivity index is 1.97. The van der Waals surface area contributed by atoms with Crippen LogP contribution in [0.4, 0.5) is 5.82 Å². The number of anilines is 1. The summed E-state index contributed by atoms with van der Waals surface area (Å²) in [4.78, 5) is 2.30. The number of aromatic amines is 1. The number of aromatic nitrogens is 2. The summed E-state index contributed by atoms with van der Waals surface area (Å²) in [6, 6.07) is 10.7. The summed E-state index contributed by atoms with van der Waals surface area (Å²) in [5, 5.41) is 7.73. The third kappa shape index (κ3) is 2.24. The van der Waals surface area contributed by atoms with Gasteiger partial charge >= 0.3 is 0 Å². The van der Waals surface area contributed by atoms with Gasteiger partial charge in [0.05, 0.1) is 5.69 Å². The molecule has 1 fully saturated rings. The first kappa shape index (κ1) is 12.2. The van der Waals surface area contributed by atoms with E-state index in [1.165, 1.54) is 11.1 Å². The van der Waals surface area contributed by atoms with Crippen LogP contribution in [0.1, 0.15) is 18.9 Å². The van der Waals surface area contributed by atoms with Crippen LogP contribution in [-0.4, -0.2) is 29.3 Å². The van der Waals surface area contributed by atoms with Gasteiger partial charge in [-0.15, -0.1) is 0 Å². The lowest BCUT2D eigenvalue weighted by Gasteiger charge is -2.16. The number of H-pyrrole nitrogens is 1. The molecule has 4 heteroatoms. The third-order valence-corrected chi connectivity index (χ3v) is 3.79. The number of nitrogens with one attached hydrogen (secondary N) is 1. The van der Waals surface area contributed by atoms with Crippen LogP contribution in [0.2, 0.25) is 0 Å². The van der Waals surface area contributed by atoms with E-state index in [4.69, 9.17) is 5.73 Å². The average molecular weight is 256 g/mol. The molecule has 1 aliphatic heterocycles. The molecular weight excluding hydrogens is 236 g/mol. The van der Waals surface area contributed by atoms with Gasteiger partial charge in [-0.25, -0.2) is 0 Å². The molecule has 1 atom stereocenters. The van der Waals surface area contributed by atoms with Crippen molar-refractivity contribution in [3.8, 4) is 11.3 Å². The number of hydrogen-bond donors (Lipinski definition) is 2. The Morgan fingerprint density at radius 1 is 1.37 bits per heavy atom. The fourth-order valence-electron chi connectivity index (χ4n) is 2.78. The molecule has 1 aromatic heterocycles. The summed E-state index contributed by atoms with van der Waals surface area (Å²) >= 11 is 0. The molecule has 100 valence electrons. The summed E-state index contributed by atoms with van der Waals surface area (Å²) in [7, 11) is 0. The Bertz CT molecular complexity index is 547. The van der Waals surface area contributed by atoms with Gasteiger partial charge in [0.1, 0.15) is 0 Å². The zero-order chi connectivity index (χ0) is 13.2. The highest BCUT2D eigenvalue weighted by Gasteiger charge is 2.24. The number of nitrogens with zero attached hydrogens (tertiary/aromatic N) is 2. The minimum absolute atomic E-state index is 0.279. The van der Waals surface area contributed by atoms with Crippen LogP contribution >= 0.6 is 0 Å².